The van der Waals surface area contributed by atoms with Crippen LogP contribution in [0.25, 0.3) is 11.2 Å². The molecule has 1 atom stereocenters. The molecule has 0 aliphatic heterocycles. The molecule has 0 saturated heterocycles. The fraction of sp³-hybridized carbons (Fsp3) is 0.348. The number of furan rings is 1. The second-order valence-corrected chi connectivity index (χ2v) is 8.18. The molecule has 3 aromatic heterocycles. The van der Waals surface area contributed by atoms with Gasteiger partial charge in [0.1, 0.15) is 24.2 Å². The van der Waals surface area contributed by atoms with Crippen LogP contribution in [-0.4, -0.2) is 36.5 Å². The number of rotatable bonds is 10. The van der Waals surface area contributed by atoms with Crippen LogP contribution in [0.15, 0.2) is 63.0 Å². The first kappa shape index (κ1) is 22.9. The molecule has 0 aliphatic carbocycles. The molecule has 0 saturated carbocycles. The Balaban J connectivity index is 1.66. The molecule has 1 N–H and O–H groups in total. The van der Waals surface area contributed by atoms with Gasteiger partial charge in [-0.2, -0.15) is 0 Å². The molecule has 3 heterocycles. The molecule has 0 amide bonds. The first-order chi connectivity index (χ1) is 16.0. The second kappa shape index (κ2) is 10.1. The quantitative estimate of drug-likeness (QED) is 0.380. The number of halogens is 1. The minimum Gasteiger partial charge on any atom is -0.491 e. The summed E-state index contributed by atoms with van der Waals surface area (Å²) < 4.78 is 15.2. The van der Waals surface area contributed by atoms with Crippen molar-refractivity contribution >= 4 is 22.8 Å². The van der Waals surface area contributed by atoms with E-state index in [0.717, 1.165) is 17.4 Å². The molecular formula is C23H25ClN4O5. The van der Waals surface area contributed by atoms with Crippen molar-refractivity contribution in [3.05, 3.63) is 80.6 Å². The zero-order valence-electron chi connectivity index (χ0n) is 18.2. The van der Waals surface area contributed by atoms with Gasteiger partial charge in [-0.05, 0) is 42.8 Å². The molecule has 4 rings (SSSR count). The number of aromatic nitrogens is 4. The van der Waals surface area contributed by atoms with Crippen molar-refractivity contribution in [3.8, 4) is 5.75 Å². The summed E-state index contributed by atoms with van der Waals surface area (Å²) in [7, 11) is 0. The standard InChI is InChI=1S/C23H25ClN4O5/c1-2-3-10-27-21-20(26(15-25-21)13-19-5-4-11-32-19)22(30)28(23(27)31)12-17(29)14-33-18-8-6-16(24)7-9-18/h4-9,11,15,17,29H,2-3,10,12-14H2,1H3/t17-/m0/s1. The lowest BCUT2D eigenvalue weighted by atomic mass is 10.3. The highest BCUT2D eigenvalue weighted by molar-refractivity contribution is 6.30. The van der Waals surface area contributed by atoms with Gasteiger partial charge in [0.05, 0.1) is 25.7 Å². The highest BCUT2D eigenvalue weighted by Crippen LogP contribution is 2.16. The molecule has 4 aromatic rings. The van der Waals surface area contributed by atoms with Crippen molar-refractivity contribution < 1.29 is 14.3 Å². The van der Waals surface area contributed by atoms with Crippen LogP contribution in [0.5, 0.6) is 5.75 Å². The third-order valence-corrected chi connectivity index (χ3v) is 5.53. The van der Waals surface area contributed by atoms with E-state index in [9.17, 15) is 14.7 Å². The average Bonchev–Trinajstić information content (AvgIpc) is 3.47. The molecule has 0 spiro atoms. The first-order valence-corrected chi connectivity index (χ1v) is 11.1. The zero-order chi connectivity index (χ0) is 23.4. The lowest BCUT2D eigenvalue weighted by molar-refractivity contribution is 0.0901. The van der Waals surface area contributed by atoms with Gasteiger partial charge >= 0.3 is 5.69 Å². The molecule has 1 aromatic carbocycles. The number of imidazole rings is 1. The van der Waals surface area contributed by atoms with Gasteiger partial charge in [-0.3, -0.25) is 13.9 Å². The van der Waals surface area contributed by atoms with Crippen LogP contribution in [0.3, 0.4) is 0 Å². The minimum atomic E-state index is -1.08. The van der Waals surface area contributed by atoms with Crippen molar-refractivity contribution in [2.75, 3.05) is 6.61 Å². The molecule has 0 bridgehead atoms. The van der Waals surface area contributed by atoms with Gasteiger partial charge in [-0.25, -0.2) is 9.78 Å². The predicted molar refractivity (Wildman–Crippen MR) is 124 cm³/mol. The normalized spacial score (nSPS) is 12.3. The van der Waals surface area contributed by atoms with Crippen LogP contribution in [0.1, 0.15) is 25.5 Å². The van der Waals surface area contributed by atoms with Crippen molar-refractivity contribution in [2.24, 2.45) is 0 Å². The number of hydrogen-bond donors (Lipinski definition) is 1. The summed E-state index contributed by atoms with van der Waals surface area (Å²) in [5, 5.41) is 11.1. The number of benzene rings is 1. The zero-order valence-corrected chi connectivity index (χ0v) is 18.9. The number of aliphatic hydroxyl groups excluding tert-OH is 1. The van der Waals surface area contributed by atoms with Crippen molar-refractivity contribution in [2.45, 2.75) is 45.5 Å². The largest absolute Gasteiger partial charge is 0.491 e. The molecule has 0 aliphatic rings. The van der Waals surface area contributed by atoms with E-state index in [1.807, 2.05) is 6.92 Å². The molecule has 33 heavy (non-hydrogen) atoms. The average molecular weight is 473 g/mol. The maximum absolute atomic E-state index is 13.3. The number of hydrogen-bond acceptors (Lipinski definition) is 6. The summed E-state index contributed by atoms with van der Waals surface area (Å²) in [5.74, 6) is 1.18. The van der Waals surface area contributed by atoms with E-state index >= 15 is 0 Å². The molecule has 0 radical (unpaired) electrons. The fourth-order valence-corrected chi connectivity index (χ4v) is 3.72. The Morgan fingerprint density at radius 1 is 1.18 bits per heavy atom. The maximum atomic E-state index is 13.3. The number of aryl methyl sites for hydroxylation is 1. The van der Waals surface area contributed by atoms with E-state index in [-0.39, 0.29) is 18.7 Å². The molecule has 10 heteroatoms. The van der Waals surface area contributed by atoms with Gasteiger partial charge in [0, 0.05) is 11.6 Å². The second-order valence-electron chi connectivity index (χ2n) is 7.75. The summed E-state index contributed by atoms with van der Waals surface area (Å²) >= 11 is 5.87. The third-order valence-electron chi connectivity index (χ3n) is 5.27. The van der Waals surface area contributed by atoms with Gasteiger partial charge < -0.3 is 18.8 Å². The van der Waals surface area contributed by atoms with E-state index in [2.05, 4.69) is 4.98 Å². The van der Waals surface area contributed by atoms with E-state index < -0.39 is 17.4 Å². The van der Waals surface area contributed by atoms with Crippen molar-refractivity contribution in [1.29, 1.82) is 0 Å². The van der Waals surface area contributed by atoms with Crippen LogP contribution in [0.4, 0.5) is 0 Å². The van der Waals surface area contributed by atoms with Crippen LogP contribution in [0, 0.1) is 0 Å². The van der Waals surface area contributed by atoms with Gasteiger partial charge in [0.2, 0.25) is 0 Å². The highest BCUT2D eigenvalue weighted by Gasteiger charge is 2.20. The topological polar surface area (TPSA) is 104 Å². The third kappa shape index (κ3) is 5.04. The summed E-state index contributed by atoms with van der Waals surface area (Å²) in [4.78, 5) is 30.8. The lowest BCUT2D eigenvalue weighted by Gasteiger charge is -2.16. The molecule has 0 fully saturated rings. The number of unbranched alkanes of at least 4 members (excludes halogenated alkanes) is 1. The fourth-order valence-electron chi connectivity index (χ4n) is 3.59. The Morgan fingerprint density at radius 3 is 2.67 bits per heavy atom. The lowest BCUT2D eigenvalue weighted by Crippen LogP contribution is -2.44. The van der Waals surface area contributed by atoms with Crippen LogP contribution >= 0.6 is 11.6 Å². The molecule has 9 nitrogen and oxygen atoms in total. The van der Waals surface area contributed by atoms with Gasteiger partial charge in [-0.1, -0.05) is 24.9 Å². The Morgan fingerprint density at radius 2 is 1.97 bits per heavy atom. The van der Waals surface area contributed by atoms with Crippen molar-refractivity contribution in [3.63, 3.8) is 0 Å². The number of nitrogens with zero attached hydrogens (tertiary/aromatic N) is 4. The van der Waals surface area contributed by atoms with Gasteiger partial charge in [-0.15, -0.1) is 0 Å². The number of fused-ring (bicyclic) bond motifs is 1. The first-order valence-electron chi connectivity index (χ1n) is 10.7. The highest BCUT2D eigenvalue weighted by atomic mass is 35.5. The van der Waals surface area contributed by atoms with Crippen LogP contribution < -0.4 is 16.0 Å². The van der Waals surface area contributed by atoms with Crippen LogP contribution in [-0.2, 0) is 19.6 Å². The van der Waals surface area contributed by atoms with E-state index in [1.165, 1.54) is 10.9 Å². The Kier molecular flexibility index (Phi) is 7.00. The molecule has 0 unspecified atom stereocenters. The number of aliphatic hydroxyl groups is 1. The minimum absolute atomic E-state index is 0.0911. The summed E-state index contributed by atoms with van der Waals surface area (Å²) in [6, 6.07) is 10.3. The van der Waals surface area contributed by atoms with Crippen LogP contribution in [0.2, 0.25) is 5.02 Å². The Hall–Kier alpha value is -3.30. The summed E-state index contributed by atoms with van der Waals surface area (Å²) in [5.41, 5.74) is -0.409. The summed E-state index contributed by atoms with van der Waals surface area (Å²) in [6.07, 6.45) is 3.63. The van der Waals surface area contributed by atoms with E-state index in [1.54, 1.807) is 47.2 Å². The monoisotopic (exact) mass is 472 g/mol. The van der Waals surface area contributed by atoms with E-state index in [0.29, 0.717) is 35.3 Å². The van der Waals surface area contributed by atoms with Crippen molar-refractivity contribution in [1.82, 2.24) is 18.7 Å². The predicted octanol–water partition coefficient (Wildman–Crippen LogP) is 2.89. The smallest absolute Gasteiger partial charge is 0.332 e. The SMILES string of the molecule is CCCCn1c(=O)n(C[C@H](O)COc2ccc(Cl)cc2)c(=O)c2c1ncn2Cc1ccco1. The molecular weight excluding hydrogens is 448 g/mol. The Labute approximate surface area is 194 Å². The summed E-state index contributed by atoms with van der Waals surface area (Å²) in [6.45, 7) is 2.44. The van der Waals surface area contributed by atoms with E-state index in [4.69, 9.17) is 20.8 Å². The van der Waals surface area contributed by atoms with Gasteiger partial charge in [0.15, 0.2) is 11.2 Å². The van der Waals surface area contributed by atoms with Gasteiger partial charge in [0.25, 0.3) is 5.56 Å². The Bertz CT molecular complexity index is 1320. The number of ether oxygens (including phenoxy) is 1. The molecule has 174 valence electrons. The maximum Gasteiger partial charge on any atom is 0.332 e.